The maximum Gasteiger partial charge on any atom is 0.227 e. The molecule has 3 aromatic carbocycles. The summed E-state index contributed by atoms with van der Waals surface area (Å²) >= 11 is 0. The molecule has 0 radical (unpaired) electrons. The molecular weight excluding hydrogens is 392 g/mol. The number of amides is 1. The predicted octanol–water partition coefficient (Wildman–Crippen LogP) is 6.53. The van der Waals surface area contributed by atoms with Gasteiger partial charge in [0.25, 0.3) is 0 Å². The van der Waals surface area contributed by atoms with Gasteiger partial charge in [0.1, 0.15) is 7.05 Å². The number of rotatable bonds is 5. The lowest BCUT2D eigenvalue weighted by Crippen LogP contribution is -2.26. The van der Waals surface area contributed by atoms with Crippen LogP contribution in [-0.2, 0) is 10.2 Å². The Labute approximate surface area is 190 Å². The zero-order chi connectivity index (χ0) is 22.7. The minimum Gasteiger partial charge on any atom is -0.288 e. The largest absolute Gasteiger partial charge is 0.288 e. The molecule has 1 amide bonds. The lowest BCUT2D eigenvalue weighted by Gasteiger charge is -2.17. The lowest BCUT2D eigenvalue weighted by atomic mass is 9.79. The average Bonchev–Trinajstić information content (AvgIpc) is 2.99. The van der Waals surface area contributed by atoms with Crippen molar-refractivity contribution in [1.82, 2.24) is 0 Å². The van der Waals surface area contributed by atoms with Gasteiger partial charge in [0.15, 0.2) is 5.71 Å². The molecule has 0 saturated carbocycles. The van der Waals surface area contributed by atoms with E-state index < -0.39 is 0 Å². The Hall–Kier alpha value is -3.72. The highest BCUT2D eigenvalue weighted by Crippen LogP contribution is 2.43. The molecule has 4 rings (SSSR count). The van der Waals surface area contributed by atoms with E-state index in [4.69, 9.17) is 0 Å². The van der Waals surface area contributed by atoms with E-state index in [0.29, 0.717) is 0 Å². The first-order valence-electron chi connectivity index (χ1n) is 10.9. The third kappa shape index (κ3) is 3.94. The Balaban J connectivity index is 1.54. The molecule has 1 heterocycles. The Morgan fingerprint density at radius 2 is 1.56 bits per heavy atom. The number of allylic oxidation sites excluding steroid dienone is 5. The van der Waals surface area contributed by atoms with Crippen LogP contribution in [0.3, 0.4) is 0 Å². The van der Waals surface area contributed by atoms with Crippen LogP contribution in [0.4, 0.5) is 11.4 Å². The number of hydrogen-bond acceptors (Lipinski definition) is 1. The minimum atomic E-state index is -0.0934. The van der Waals surface area contributed by atoms with Crippen LogP contribution in [0, 0.1) is 0 Å². The summed E-state index contributed by atoms with van der Waals surface area (Å²) in [4.78, 5) is 13.6. The summed E-state index contributed by atoms with van der Waals surface area (Å²) in [6.45, 7) is 6.14. The maximum absolute atomic E-state index is 12.0. The fraction of sp³-hybridized carbons (Fsp3) is 0.172. The van der Waals surface area contributed by atoms with Crippen LogP contribution in [0.15, 0.2) is 103 Å². The topological polar surface area (TPSA) is 23.3 Å². The summed E-state index contributed by atoms with van der Waals surface area (Å²) in [7, 11) is 2.14. The van der Waals surface area contributed by atoms with Crippen molar-refractivity contribution in [3.8, 4) is 0 Å². The summed E-state index contributed by atoms with van der Waals surface area (Å²) in [5, 5.41) is 2.59. The first kappa shape index (κ1) is 21.5. The molecule has 0 bridgehead atoms. The molecule has 1 aliphatic heterocycles. The highest BCUT2D eigenvalue weighted by molar-refractivity contribution is 6.07. The van der Waals surface area contributed by atoms with Gasteiger partial charge in [0, 0.05) is 36.5 Å². The van der Waals surface area contributed by atoms with Gasteiger partial charge in [0.05, 0.1) is 5.41 Å². The summed E-state index contributed by atoms with van der Waals surface area (Å²) in [6, 6.07) is 22.7. The van der Waals surface area contributed by atoms with Crippen molar-refractivity contribution in [3.05, 3.63) is 109 Å². The Morgan fingerprint density at radius 1 is 0.875 bits per heavy atom. The standard InChI is InChI=1S/C29H29N2O/c1-22(32)31(24-15-8-7-9-16-24)21-13-6-5-10-18-27-29(2,3)28-25-17-12-11-14-23(25)19-20-26(28)30(27)4/h5-21H,1-4H3/q+1. The third-order valence-electron chi connectivity index (χ3n) is 6.09. The number of nitrogens with zero attached hydrogens (tertiary/aromatic N) is 2. The van der Waals surface area contributed by atoms with Crippen molar-refractivity contribution in [2.24, 2.45) is 0 Å². The summed E-state index contributed by atoms with van der Waals surface area (Å²) < 4.78 is 2.29. The quantitative estimate of drug-likeness (QED) is 0.339. The normalized spacial score (nSPS) is 15.4. The molecule has 0 spiro atoms. The fourth-order valence-corrected chi connectivity index (χ4v) is 4.57. The Kier molecular flexibility index (Phi) is 5.91. The summed E-state index contributed by atoms with van der Waals surface area (Å²) in [5.41, 5.74) is 4.66. The molecule has 3 heteroatoms. The van der Waals surface area contributed by atoms with E-state index in [-0.39, 0.29) is 11.3 Å². The molecule has 0 atom stereocenters. The molecule has 0 aliphatic carbocycles. The van der Waals surface area contributed by atoms with Crippen LogP contribution < -0.4 is 4.90 Å². The molecule has 1 aliphatic rings. The van der Waals surface area contributed by atoms with Crippen LogP contribution in [0.2, 0.25) is 0 Å². The van der Waals surface area contributed by atoms with E-state index in [9.17, 15) is 4.79 Å². The van der Waals surface area contributed by atoms with E-state index in [0.717, 1.165) is 5.69 Å². The number of carbonyl (C=O) groups excluding carboxylic acids is 1. The second-order valence-corrected chi connectivity index (χ2v) is 8.56. The van der Waals surface area contributed by atoms with E-state index in [1.807, 2.05) is 48.6 Å². The lowest BCUT2D eigenvalue weighted by molar-refractivity contribution is -0.401. The maximum atomic E-state index is 12.0. The minimum absolute atomic E-state index is 0.0220. The van der Waals surface area contributed by atoms with Crippen molar-refractivity contribution in [2.75, 3.05) is 11.9 Å². The Bertz CT molecular complexity index is 1280. The van der Waals surface area contributed by atoms with Gasteiger partial charge in [-0.1, -0.05) is 60.7 Å². The summed E-state index contributed by atoms with van der Waals surface area (Å²) in [5.74, 6) is -0.0220. The number of fused-ring (bicyclic) bond motifs is 3. The monoisotopic (exact) mass is 421 g/mol. The number of hydrogen-bond donors (Lipinski definition) is 0. The van der Waals surface area contributed by atoms with Crippen molar-refractivity contribution in [1.29, 1.82) is 0 Å². The molecule has 3 nitrogen and oxygen atoms in total. The zero-order valence-corrected chi connectivity index (χ0v) is 19.1. The smallest absolute Gasteiger partial charge is 0.227 e. The van der Waals surface area contributed by atoms with Gasteiger partial charge in [-0.3, -0.25) is 9.69 Å². The van der Waals surface area contributed by atoms with Gasteiger partial charge >= 0.3 is 0 Å². The van der Waals surface area contributed by atoms with Gasteiger partial charge in [-0.25, -0.2) is 0 Å². The van der Waals surface area contributed by atoms with Gasteiger partial charge in [-0.15, -0.1) is 0 Å². The Morgan fingerprint density at radius 3 is 2.31 bits per heavy atom. The number of benzene rings is 3. The van der Waals surface area contributed by atoms with Crippen molar-refractivity contribution in [2.45, 2.75) is 26.2 Å². The molecular formula is C29H29N2O+. The average molecular weight is 422 g/mol. The van der Waals surface area contributed by atoms with Crippen molar-refractivity contribution in [3.63, 3.8) is 0 Å². The van der Waals surface area contributed by atoms with Gasteiger partial charge < -0.3 is 0 Å². The third-order valence-corrected chi connectivity index (χ3v) is 6.09. The van der Waals surface area contributed by atoms with Gasteiger partial charge in [0.2, 0.25) is 11.6 Å². The molecule has 0 N–H and O–H groups in total. The predicted molar refractivity (Wildman–Crippen MR) is 135 cm³/mol. The van der Waals surface area contributed by atoms with E-state index in [1.165, 1.54) is 27.7 Å². The highest BCUT2D eigenvalue weighted by Gasteiger charge is 2.43. The van der Waals surface area contributed by atoms with Crippen LogP contribution in [0.25, 0.3) is 10.8 Å². The second-order valence-electron chi connectivity index (χ2n) is 8.56. The first-order chi connectivity index (χ1) is 15.4. The van der Waals surface area contributed by atoms with Gasteiger partial charge in [-0.2, -0.15) is 4.58 Å². The van der Waals surface area contributed by atoms with Crippen LogP contribution in [-0.4, -0.2) is 23.2 Å². The SMILES string of the molecule is CC(=O)N(/C=C/C=C/C=C/C1=[N+](C)c2ccc3ccccc3c2C1(C)C)c1ccccc1. The molecule has 0 unspecified atom stereocenters. The number of para-hydroxylation sites is 1. The van der Waals surface area contributed by atoms with Crippen LogP contribution in [0.5, 0.6) is 0 Å². The van der Waals surface area contributed by atoms with Crippen LogP contribution >= 0.6 is 0 Å². The molecule has 32 heavy (non-hydrogen) atoms. The fourth-order valence-electron chi connectivity index (χ4n) is 4.57. The van der Waals surface area contributed by atoms with Gasteiger partial charge in [-0.05, 0) is 48.9 Å². The second kappa shape index (κ2) is 8.80. The van der Waals surface area contributed by atoms with Crippen molar-refractivity contribution >= 4 is 33.8 Å². The molecule has 3 aromatic rings. The van der Waals surface area contributed by atoms with E-state index in [1.54, 1.807) is 18.0 Å². The molecule has 160 valence electrons. The zero-order valence-electron chi connectivity index (χ0n) is 19.1. The molecule has 0 saturated heterocycles. The van der Waals surface area contributed by atoms with E-state index >= 15 is 0 Å². The first-order valence-corrected chi connectivity index (χ1v) is 10.9. The molecule has 0 aromatic heterocycles. The van der Waals surface area contributed by atoms with E-state index in [2.05, 4.69) is 74.0 Å². The summed E-state index contributed by atoms with van der Waals surface area (Å²) in [6.07, 6.45) is 11.9. The number of anilines is 1. The molecule has 0 fully saturated rings. The highest BCUT2D eigenvalue weighted by atomic mass is 16.2. The number of carbonyl (C=O) groups is 1. The van der Waals surface area contributed by atoms with Crippen molar-refractivity contribution < 1.29 is 9.37 Å². The van der Waals surface area contributed by atoms with Crippen LogP contribution in [0.1, 0.15) is 26.3 Å².